The molecule has 0 radical (unpaired) electrons. The number of aliphatic hydroxyl groups is 2. The normalized spacial score (nSPS) is 16.1. The third kappa shape index (κ3) is 2.98. The predicted molar refractivity (Wildman–Crippen MR) is 73.6 cm³/mol. The van der Waals surface area contributed by atoms with Crippen LogP contribution < -0.4 is 4.80 Å². The highest BCUT2D eigenvalue weighted by molar-refractivity contribution is 7.16. The molecule has 2 unspecified atom stereocenters. The summed E-state index contributed by atoms with van der Waals surface area (Å²) in [6.45, 7) is 4.38. The number of para-hydroxylation sites is 1. The number of aromatic nitrogens is 1. The van der Waals surface area contributed by atoms with E-state index in [9.17, 15) is 10.2 Å². The Bertz CT molecular complexity index is 584. The van der Waals surface area contributed by atoms with Crippen molar-refractivity contribution in [2.24, 2.45) is 4.99 Å². The van der Waals surface area contributed by atoms with Gasteiger partial charge < -0.3 is 14.8 Å². The number of nitrogens with zero attached hydrogens (tertiary/aromatic N) is 2. The lowest BCUT2D eigenvalue weighted by Crippen LogP contribution is -2.22. The highest BCUT2D eigenvalue weighted by Crippen LogP contribution is 2.16. The minimum Gasteiger partial charge on any atom is -0.392 e. The van der Waals surface area contributed by atoms with E-state index < -0.39 is 12.2 Å². The zero-order valence-corrected chi connectivity index (χ0v) is 11.4. The Hall–Kier alpha value is -1.17. The van der Waals surface area contributed by atoms with Gasteiger partial charge in [-0.15, -0.1) is 0 Å². The van der Waals surface area contributed by atoms with Crippen molar-refractivity contribution in [3.05, 3.63) is 29.1 Å². The number of aliphatic hydroxyl groups excluding tert-OH is 2. The number of thiazole rings is 1. The largest absolute Gasteiger partial charge is 0.392 e. The molecule has 0 bridgehead atoms. The molecule has 0 spiro atoms. The van der Waals surface area contributed by atoms with Gasteiger partial charge in [-0.3, -0.25) is 4.99 Å². The molecule has 0 saturated carbocycles. The first-order chi connectivity index (χ1) is 8.58. The lowest BCUT2D eigenvalue weighted by molar-refractivity contribution is 0.173. The predicted octanol–water partition coefficient (Wildman–Crippen LogP) is 1.37. The van der Waals surface area contributed by atoms with Crippen molar-refractivity contribution in [1.82, 2.24) is 4.57 Å². The summed E-state index contributed by atoms with van der Waals surface area (Å²) in [5.74, 6) is 0. The molecular formula is C13H18N2O2S. The summed E-state index contributed by atoms with van der Waals surface area (Å²) in [6, 6.07) is 8.03. The van der Waals surface area contributed by atoms with Gasteiger partial charge in [0.1, 0.15) is 0 Å². The zero-order valence-electron chi connectivity index (χ0n) is 10.6. The highest BCUT2D eigenvalue weighted by Gasteiger charge is 2.07. The Morgan fingerprint density at radius 1 is 1.22 bits per heavy atom. The van der Waals surface area contributed by atoms with Gasteiger partial charge in [0, 0.05) is 0 Å². The third-order valence-electron chi connectivity index (χ3n) is 2.53. The van der Waals surface area contributed by atoms with Gasteiger partial charge in [0.2, 0.25) is 0 Å². The maximum Gasteiger partial charge on any atom is 0.185 e. The molecule has 18 heavy (non-hydrogen) atoms. The lowest BCUT2D eigenvalue weighted by Gasteiger charge is -2.07. The Balaban J connectivity index is 2.53. The summed E-state index contributed by atoms with van der Waals surface area (Å²) < 4.78 is 3.15. The first kappa shape index (κ1) is 13.3. The van der Waals surface area contributed by atoms with Crippen molar-refractivity contribution in [1.29, 1.82) is 0 Å². The van der Waals surface area contributed by atoms with E-state index in [0.717, 1.165) is 15.0 Å². The molecule has 0 aliphatic heterocycles. The summed E-state index contributed by atoms with van der Waals surface area (Å²) in [5, 5.41) is 18.9. The van der Waals surface area contributed by atoms with Crippen molar-refractivity contribution >= 4 is 21.6 Å². The van der Waals surface area contributed by atoms with E-state index in [-0.39, 0.29) is 0 Å². The fraction of sp³-hybridized carbons (Fsp3) is 0.462. The molecule has 1 aromatic heterocycles. The molecule has 0 saturated heterocycles. The lowest BCUT2D eigenvalue weighted by atomic mass is 10.3. The Labute approximate surface area is 110 Å². The summed E-state index contributed by atoms with van der Waals surface area (Å²) >= 11 is 1.58. The van der Waals surface area contributed by atoms with Crippen LogP contribution in [-0.2, 0) is 6.54 Å². The van der Waals surface area contributed by atoms with E-state index in [2.05, 4.69) is 4.99 Å². The van der Waals surface area contributed by atoms with Crippen LogP contribution in [0.4, 0.5) is 0 Å². The Morgan fingerprint density at radius 3 is 2.61 bits per heavy atom. The average molecular weight is 266 g/mol. The van der Waals surface area contributed by atoms with Crippen molar-refractivity contribution in [3.63, 3.8) is 0 Å². The monoisotopic (exact) mass is 266 g/mol. The van der Waals surface area contributed by atoms with Crippen LogP contribution in [0.2, 0.25) is 0 Å². The van der Waals surface area contributed by atoms with Gasteiger partial charge in [0.25, 0.3) is 0 Å². The van der Waals surface area contributed by atoms with Crippen molar-refractivity contribution in [3.8, 4) is 0 Å². The van der Waals surface area contributed by atoms with Gasteiger partial charge in [-0.1, -0.05) is 23.5 Å². The molecule has 98 valence electrons. The molecule has 4 nitrogen and oxygen atoms in total. The molecular weight excluding hydrogens is 248 g/mol. The first-order valence-corrected chi connectivity index (χ1v) is 6.84. The van der Waals surface area contributed by atoms with Gasteiger partial charge in [-0.05, 0) is 26.0 Å². The van der Waals surface area contributed by atoms with Gasteiger partial charge >= 0.3 is 0 Å². The molecule has 1 aromatic carbocycles. The van der Waals surface area contributed by atoms with Crippen LogP contribution in [0.15, 0.2) is 29.3 Å². The smallest absolute Gasteiger partial charge is 0.185 e. The van der Waals surface area contributed by atoms with Gasteiger partial charge in [-0.2, -0.15) is 0 Å². The van der Waals surface area contributed by atoms with Gasteiger partial charge in [-0.25, -0.2) is 0 Å². The fourth-order valence-electron chi connectivity index (χ4n) is 1.79. The summed E-state index contributed by atoms with van der Waals surface area (Å²) in [5.41, 5.74) is 1.08. The second-order valence-electron chi connectivity index (χ2n) is 4.50. The minimum atomic E-state index is -0.449. The molecule has 2 aromatic rings. The van der Waals surface area contributed by atoms with E-state index >= 15 is 0 Å². The number of hydrogen-bond acceptors (Lipinski definition) is 4. The molecule has 2 N–H and O–H groups in total. The Morgan fingerprint density at radius 2 is 1.94 bits per heavy atom. The third-order valence-corrected chi connectivity index (χ3v) is 3.62. The van der Waals surface area contributed by atoms with E-state index in [4.69, 9.17) is 0 Å². The van der Waals surface area contributed by atoms with Gasteiger partial charge in [0.05, 0.1) is 35.5 Å². The van der Waals surface area contributed by atoms with E-state index in [1.165, 1.54) is 0 Å². The SMILES string of the molecule is CC(O)CN=c1sc2ccccc2n1CC(C)O. The molecule has 1 heterocycles. The van der Waals surface area contributed by atoms with E-state index in [1.54, 1.807) is 25.2 Å². The summed E-state index contributed by atoms with van der Waals surface area (Å²) in [4.78, 5) is 5.26. The van der Waals surface area contributed by atoms with E-state index in [1.807, 2.05) is 28.8 Å². The first-order valence-electron chi connectivity index (χ1n) is 6.03. The number of rotatable bonds is 4. The second-order valence-corrected chi connectivity index (χ2v) is 5.51. The maximum absolute atomic E-state index is 9.58. The Kier molecular flexibility index (Phi) is 4.16. The van der Waals surface area contributed by atoms with Crippen LogP contribution in [0.5, 0.6) is 0 Å². The molecule has 5 heteroatoms. The minimum absolute atomic E-state index is 0.382. The van der Waals surface area contributed by atoms with Crippen molar-refractivity contribution in [2.75, 3.05) is 6.54 Å². The molecule has 0 amide bonds. The maximum atomic E-state index is 9.58. The summed E-state index contributed by atoms with van der Waals surface area (Å²) in [7, 11) is 0. The second kappa shape index (κ2) is 5.65. The quantitative estimate of drug-likeness (QED) is 0.878. The van der Waals surface area contributed by atoms with Crippen LogP contribution in [-0.4, -0.2) is 33.5 Å². The highest BCUT2D eigenvalue weighted by atomic mass is 32.1. The molecule has 2 atom stereocenters. The number of hydrogen-bond donors (Lipinski definition) is 2. The van der Waals surface area contributed by atoms with Crippen molar-refractivity contribution < 1.29 is 10.2 Å². The topological polar surface area (TPSA) is 57.8 Å². The molecule has 2 rings (SSSR count). The summed E-state index contributed by atoms with van der Waals surface area (Å²) in [6.07, 6.45) is -0.872. The van der Waals surface area contributed by atoms with E-state index in [0.29, 0.717) is 13.1 Å². The molecule has 0 fully saturated rings. The molecule has 0 aliphatic carbocycles. The average Bonchev–Trinajstić information content (AvgIpc) is 2.64. The van der Waals surface area contributed by atoms with Crippen molar-refractivity contribution in [2.45, 2.75) is 32.6 Å². The molecule has 0 aliphatic rings. The van der Waals surface area contributed by atoms with Crippen LogP contribution in [0.25, 0.3) is 10.2 Å². The standard InChI is InChI=1S/C13H18N2O2S/c1-9(16)7-14-13-15(8-10(2)17)11-5-3-4-6-12(11)18-13/h3-6,9-10,16-17H,7-8H2,1-2H3. The van der Waals surface area contributed by atoms with Crippen LogP contribution in [0.3, 0.4) is 0 Å². The van der Waals surface area contributed by atoms with Crippen LogP contribution in [0.1, 0.15) is 13.8 Å². The van der Waals surface area contributed by atoms with Gasteiger partial charge in [0.15, 0.2) is 4.80 Å². The van der Waals surface area contributed by atoms with Crippen LogP contribution >= 0.6 is 11.3 Å². The fourth-order valence-corrected chi connectivity index (χ4v) is 2.84. The zero-order chi connectivity index (χ0) is 13.1. The number of benzene rings is 1. The van der Waals surface area contributed by atoms with Crippen LogP contribution in [0, 0.1) is 0 Å². The number of fused-ring (bicyclic) bond motifs is 1.